The average Bonchev–Trinajstić information content (AvgIpc) is 2.91. The number of Topliss-reactive ketones (excluding diaryl/α,β-unsaturated/α-hetero) is 1. The maximum Gasteiger partial charge on any atom is 0.271 e. The van der Waals surface area contributed by atoms with Crippen LogP contribution in [0.2, 0.25) is 5.02 Å². The largest absolute Gasteiger partial charge is 0.484 e. The summed E-state index contributed by atoms with van der Waals surface area (Å²) in [6.45, 7) is -0.281. The van der Waals surface area contributed by atoms with Gasteiger partial charge in [-0.3, -0.25) is 15.0 Å². The lowest BCUT2D eigenvalue weighted by molar-refractivity contribution is -0.123. The Morgan fingerprint density at radius 1 is 1.36 bits per heavy atom. The number of allylic oxidation sites excluding steroid dienone is 1. The fourth-order valence-electron chi connectivity index (χ4n) is 2.23. The molecular formula is C17H12ClFN2O4. The first kappa shape index (κ1) is 16.9. The van der Waals surface area contributed by atoms with Crippen LogP contribution in [0.25, 0.3) is 6.08 Å². The number of carbonyl (C=O) groups is 2. The molecule has 3 N–H and O–H groups in total. The number of ether oxygens (including phenoxy) is 2. The summed E-state index contributed by atoms with van der Waals surface area (Å²) in [5, 5.41) is 0.164. The number of fused-ring (bicyclic) bond motifs is 1. The minimum atomic E-state index is -0.566. The Labute approximate surface area is 146 Å². The zero-order valence-electron chi connectivity index (χ0n) is 12.7. The van der Waals surface area contributed by atoms with Crippen LogP contribution in [0.3, 0.4) is 0 Å². The zero-order valence-corrected chi connectivity index (χ0v) is 13.5. The summed E-state index contributed by atoms with van der Waals surface area (Å²) in [6, 6.07) is 8.69. The minimum Gasteiger partial charge on any atom is -0.484 e. The van der Waals surface area contributed by atoms with E-state index in [-0.39, 0.29) is 28.7 Å². The molecule has 3 rings (SSSR count). The van der Waals surface area contributed by atoms with E-state index in [4.69, 9.17) is 26.9 Å². The SMILES string of the molecule is NNC(=O)COc1ccc2c(c1)OC(=Cc1c(F)cccc1Cl)C2=O. The second-order valence-corrected chi connectivity index (χ2v) is 5.50. The van der Waals surface area contributed by atoms with Crippen molar-refractivity contribution in [1.29, 1.82) is 0 Å². The number of carbonyl (C=O) groups excluding carboxylic acids is 2. The first-order valence-electron chi connectivity index (χ1n) is 7.14. The predicted molar refractivity (Wildman–Crippen MR) is 88.6 cm³/mol. The standard InChI is InChI=1S/C17H12ClFN2O4/c18-12-2-1-3-13(19)11(12)7-15-17(23)10-5-4-9(6-14(10)25-15)24-8-16(22)21-20/h1-7H,8,20H2,(H,21,22). The lowest BCUT2D eigenvalue weighted by Gasteiger charge is -2.06. The molecule has 25 heavy (non-hydrogen) atoms. The van der Waals surface area contributed by atoms with Gasteiger partial charge in [-0.05, 0) is 30.3 Å². The van der Waals surface area contributed by atoms with E-state index in [0.717, 1.165) is 0 Å². The lowest BCUT2D eigenvalue weighted by Crippen LogP contribution is -2.34. The van der Waals surface area contributed by atoms with Crippen LogP contribution in [-0.4, -0.2) is 18.3 Å². The van der Waals surface area contributed by atoms with Gasteiger partial charge in [0.1, 0.15) is 17.3 Å². The molecule has 0 radical (unpaired) electrons. The summed E-state index contributed by atoms with van der Waals surface area (Å²) in [4.78, 5) is 23.5. The van der Waals surface area contributed by atoms with Gasteiger partial charge in [0.05, 0.1) is 10.6 Å². The predicted octanol–water partition coefficient (Wildman–Crippen LogP) is 2.46. The highest BCUT2D eigenvalue weighted by molar-refractivity contribution is 6.32. The van der Waals surface area contributed by atoms with E-state index in [1.807, 2.05) is 5.43 Å². The highest BCUT2D eigenvalue weighted by Gasteiger charge is 2.28. The third-order valence-corrected chi connectivity index (χ3v) is 3.78. The molecule has 2 aromatic carbocycles. The summed E-state index contributed by atoms with van der Waals surface area (Å²) in [6.07, 6.45) is 1.25. The maximum absolute atomic E-state index is 13.9. The Hall–Kier alpha value is -2.90. The van der Waals surface area contributed by atoms with Crippen molar-refractivity contribution in [3.63, 3.8) is 0 Å². The van der Waals surface area contributed by atoms with Crippen LogP contribution in [0.4, 0.5) is 4.39 Å². The van der Waals surface area contributed by atoms with Gasteiger partial charge in [-0.1, -0.05) is 17.7 Å². The van der Waals surface area contributed by atoms with Gasteiger partial charge in [0.15, 0.2) is 12.4 Å². The van der Waals surface area contributed by atoms with Crippen LogP contribution in [-0.2, 0) is 4.79 Å². The molecule has 8 heteroatoms. The number of nitrogens with one attached hydrogen (secondary N) is 1. The molecule has 1 aliphatic rings. The van der Waals surface area contributed by atoms with Gasteiger partial charge in [0.25, 0.3) is 5.91 Å². The number of ketones is 1. The average molecular weight is 363 g/mol. The fourth-order valence-corrected chi connectivity index (χ4v) is 2.44. The van der Waals surface area contributed by atoms with Crippen molar-refractivity contribution in [2.24, 2.45) is 5.84 Å². The van der Waals surface area contributed by atoms with Gasteiger partial charge >= 0.3 is 0 Å². The van der Waals surface area contributed by atoms with Gasteiger partial charge in [0.2, 0.25) is 5.78 Å². The van der Waals surface area contributed by atoms with Crippen molar-refractivity contribution in [2.75, 3.05) is 6.61 Å². The van der Waals surface area contributed by atoms with Crippen molar-refractivity contribution in [2.45, 2.75) is 0 Å². The van der Waals surface area contributed by atoms with Gasteiger partial charge in [-0.25, -0.2) is 10.2 Å². The van der Waals surface area contributed by atoms with Crippen molar-refractivity contribution >= 4 is 29.4 Å². The van der Waals surface area contributed by atoms with Gasteiger partial charge in [0, 0.05) is 11.6 Å². The highest BCUT2D eigenvalue weighted by Crippen LogP contribution is 2.35. The molecule has 0 bridgehead atoms. The van der Waals surface area contributed by atoms with Gasteiger partial charge in [-0.2, -0.15) is 0 Å². The molecule has 0 fully saturated rings. The van der Waals surface area contributed by atoms with Crippen LogP contribution >= 0.6 is 11.6 Å². The quantitative estimate of drug-likeness (QED) is 0.377. The molecule has 0 atom stereocenters. The maximum atomic E-state index is 13.9. The molecule has 1 heterocycles. The van der Waals surface area contributed by atoms with Crippen LogP contribution < -0.4 is 20.7 Å². The van der Waals surface area contributed by atoms with Crippen molar-refractivity contribution < 1.29 is 23.5 Å². The normalized spacial score (nSPS) is 14.2. The first-order chi connectivity index (χ1) is 12.0. The smallest absolute Gasteiger partial charge is 0.271 e. The molecule has 0 spiro atoms. The van der Waals surface area contributed by atoms with Crippen LogP contribution in [0.5, 0.6) is 11.5 Å². The van der Waals surface area contributed by atoms with Crippen LogP contribution in [0.15, 0.2) is 42.2 Å². The van der Waals surface area contributed by atoms with Gasteiger partial charge < -0.3 is 9.47 Å². The number of nitrogens with two attached hydrogens (primary N) is 1. The molecule has 1 aliphatic heterocycles. The van der Waals surface area contributed by atoms with Crippen molar-refractivity contribution in [3.05, 3.63) is 64.1 Å². The molecule has 1 amide bonds. The Morgan fingerprint density at radius 3 is 2.88 bits per heavy atom. The van der Waals surface area contributed by atoms with E-state index < -0.39 is 17.5 Å². The van der Waals surface area contributed by atoms with Crippen LogP contribution in [0.1, 0.15) is 15.9 Å². The third kappa shape index (κ3) is 3.47. The summed E-state index contributed by atoms with van der Waals surface area (Å²) in [5.74, 6) is 4.00. The fraction of sp³-hybridized carbons (Fsp3) is 0.0588. The lowest BCUT2D eigenvalue weighted by atomic mass is 10.1. The topological polar surface area (TPSA) is 90.7 Å². The van der Waals surface area contributed by atoms with E-state index in [1.165, 1.54) is 42.5 Å². The Morgan fingerprint density at radius 2 is 2.16 bits per heavy atom. The molecule has 0 unspecified atom stereocenters. The third-order valence-electron chi connectivity index (χ3n) is 3.45. The van der Waals surface area contributed by atoms with Crippen LogP contribution in [0, 0.1) is 5.82 Å². The number of rotatable bonds is 4. The highest BCUT2D eigenvalue weighted by atomic mass is 35.5. The summed E-state index contributed by atoms with van der Waals surface area (Å²) in [5.41, 5.74) is 2.30. The summed E-state index contributed by atoms with van der Waals surface area (Å²) < 4.78 is 24.6. The van der Waals surface area contributed by atoms with E-state index in [2.05, 4.69) is 0 Å². The second-order valence-electron chi connectivity index (χ2n) is 5.09. The molecule has 128 valence electrons. The van der Waals surface area contributed by atoms with E-state index in [9.17, 15) is 14.0 Å². The number of hydrazine groups is 1. The monoisotopic (exact) mass is 362 g/mol. The minimum absolute atomic E-state index is 0.0566. The molecule has 6 nitrogen and oxygen atoms in total. The Balaban J connectivity index is 1.86. The molecule has 0 aromatic heterocycles. The summed E-state index contributed by atoms with van der Waals surface area (Å²) >= 11 is 5.96. The van der Waals surface area contributed by atoms with Crippen molar-refractivity contribution in [3.8, 4) is 11.5 Å². The molecule has 0 saturated heterocycles. The molecule has 0 saturated carbocycles. The number of hydrogen-bond acceptors (Lipinski definition) is 5. The van der Waals surface area contributed by atoms with Crippen molar-refractivity contribution in [1.82, 2.24) is 5.43 Å². The van der Waals surface area contributed by atoms with E-state index >= 15 is 0 Å². The number of benzene rings is 2. The summed E-state index contributed by atoms with van der Waals surface area (Å²) in [7, 11) is 0. The molecular weight excluding hydrogens is 351 g/mol. The van der Waals surface area contributed by atoms with Gasteiger partial charge in [-0.15, -0.1) is 0 Å². The zero-order chi connectivity index (χ0) is 18.0. The molecule has 0 aliphatic carbocycles. The number of hydrogen-bond donors (Lipinski definition) is 2. The Kier molecular flexibility index (Phi) is 4.69. The molecule has 2 aromatic rings. The van der Waals surface area contributed by atoms with E-state index in [0.29, 0.717) is 11.3 Å². The number of halogens is 2. The first-order valence-corrected chi connectivity index (χ1v) is 7.52. The number of amides is 1. The van der Waals surface area contributed by atoms with E-state index in [1.54, 1.807) is 0 Å². The Bertz CT molecular complexity index is 878. The second kappa shape index (κ2) is 6.92.